The van der Waals surface area contributed by atoms with E-state index in [4.69, 9.17) is 4.52 Å². The second-order valence-electron chi connectivity index (χ2n) is 3.75. The van der Waals surface area contributed by atoms with Crippen molar-refractivity contribution in [3.63, 3.8) is 0 Å². The van der Waals surface area contributed by atoms with E-state index in [1.54, 1.807) is 0 Å². The number of rotatable bonds is 2. The second-order valence-corrected chi connectivity index (χ2v) is 4.11. The van der Waals surface area contributed by atoms with Gasteiger partial charge in [-0.3, -0.25) is 4.52 Å². The molecule has 0 radical (unpaired) electrons. The Morgan fingerprint density at radius 2 is 1.88 bits per heavy atom. The molecule has 1 unspecified atom stereocenters. The molecule has 1 atom stereocenters. The summed E-state index contributed by atoms with van der Waals surface area (Å²) in [6.45, 7) is 0. The molecule has 2 aromatic rings. The van der Waals surface area contributed by atoms with Crippen LogP contribution in [0.5, 0.6) is 0 Å². The van der Waals surface area contributed by atoms with E-state index in [0.29, 0.717) is 0 Å². The molecule has 80 valence electrons. The van der Waals surface area contributed by atoms with Crippen molar-refractivity contribution in [2.45, 2.75) is 6.10 Å². The Hall–Kier alpha value is -0.500. The molecule has 0 heterocycles. The zero-order valence-corrected chi connectivity index (χ0v) is 9.35. The average Bonchev–Trinajstić information content (AvgIpc) is 2.33. The van der Waals surface area contributed by atoms with Crippen LogP contribution in [0.3, 0.4) is 0 Å². The number of hydrogen-bond donors (Lipinski definition) is 0. The van der Waals surface area contributed by atoms with Crippen molar-refractivity contribution >= 4 is 55.1 Å². The summed E-state index contributed by atoms with van der Waals surface area (Å²) >= 11 is 0. The van der Waals surface area contributed by atoms with E-state index in [0.717, 1.165) is 5.56 Å². The van der Waals surface area contributed by atoms with E-state index in [9.17, 15) is 4.57 Å². The third kappa shape index (κ3) is 2.24. The van der Waals surface area contributed by atoms with Gasteiger partial charge in [-0.1, -0.05) is 42.5 Å². The molecular formula is C13H10NaO2P. The number of benzene rings is 2. The molecule has 0 fully saturated rings. The van der Waals surface area contributed by atoms with Gasteiger partial charge in [0, 0.05) is 0 Å². The summed E-state index contributed by atoms with van der Waals surface area (Å²) in [4.78, 5) is 0. The molecule has 0 saturated carbocycles. The van der Waals surface area contributed by atoms with E-state index in [-0.39, 0.29) is 44.3 Å². The van der Waals surface area contributed by atoms with Gasteiger partial charge in [0.05, 0.1) is 0 Å². The summed E-state index contributed by atoms with van der Waals surface area (Å²) in [5.74, 6) is 0. The van der Waals surface area contributed by atoms with Gasteiger partial charge >= 0.3 is 38.2 Å². The molecule has 1 aliphatic rings. The van der Waals surface area contributed by atoms with Gasteiger partial charge in [-0.2, -0.15) is 0 Å². The van der Waals surface area contributed by atoms with Gasteiger partial charge in [-0.15, -0.1) is 0 Å². The van der Waals surface area contributed by atoms with E-state index in [1.165, 1.54) is 16.3 Å². The fraction of sp³-hybridized carbons (Fsp3) is 0.0769. The van der Waals surface area contributed by atoms with E-state index < -0.39 is 0 Å². The van der Waals surface area contributed by atoms with Crippen LogP contribution >= 0.6 is 8.69 Å². The van der Waals surface area contributed by atoms with E-state index >= 15 is 0 Å². The van der Waals surface area contributed by atoms with Gasteiger partial charge in [-0.25, -0.2) is 4.57 Å². The first-order chi connectivity index (χ1) is 7.90. The summed E-state index contributed by atoms with van der Waals surface area (Å²) in [6.07, 6.45) is 3.74. The van der Waals surface area contributed by atoms with Crippen molar-refractivity contribution in [3.8, 4) is 0 Å². The van der Waals surface area contributed by atoms with Crippen LogP contribution in [0.4, 0.5) is 0 Å². The van der Waals surface area contributed by atoms with Crippen molar-refractivity contribution < 1.29 is 9.09 Å². The predicted molar refractivity (Wildman–Crippen MR) is 71.6 cm³/mol. The molecule has 3 rings (SSSR count). The van der Waals surface area contributed by atoms with Gasteiger partial charge in [0.25, 0.3) is 0 Å². The standard InChI is InChI=1S/C13H9O2P.Na.H/c14-16-15-12-8-7-10-4-1-3-9-5-2-6-11(12)13(9)10;;/h1-8,12H;;. The summed E-state index contributed by atoms with van der Waals surface area (Å²) in [7, 11) is -0.282. The zero-order chi connectivity index (χ0) is 11.0. The Bertz CT molecular complexity index is 590. The molecule has 2 aromatic carbocycles. The average molecular weight is 252 g/mol. The molecule has 0 bridgehead atoms. The molecule has 0 spiro atoms. The third-order valence-corrected chi connectivity index (χ3v) is 3.20. The Labute approximate surface area is 123 Å². The van der Waals surface area contributed by atoms with Crippen molar-refractivity contribution in [1.82, 2.24) is 0 Å². The molecule has 0 saturated heterocycles. The van der Waals surface area contributed by atoms with Crippen LogP contribution in [-0.4, -0.2) is 29.6 Å². The molecule has 0 N–H and O–H groups in total. The van der Waals surface area contributed by atoms with Gasteiger partial charge in [0.1, 0.15) is 6.10 Å². The van der Waals surface area contributed by atoms with Gasteiger partial charge < -0.3 is 0 Å². The van der Waals surface area contributed by atoms with Crippen molar-refractivity contribution in [1.29, 1.82) is 0 Å². The van der Waals surface area contributed by atoms with Crippen LogP contribution in [-0.2, 0) is 9.09 Å². The molecule has 4 heteroatoms. The van der Waals surface area contributed by atoms with Crippen LogP contribution in [0.25, 0.3) is 16.8 Å². The molecule has 2 nitrogen and oxygen atoms in total. The van der Waals surface area contributed by atoms with Gasteiger partial charge in [0.15, 0.2) is 0 Å². The maximum atomic E-state index is 10.5. The normalized spacial score (nSPS) is 17.1. The third-order valence-electron chi connectivity index (χ3n) is 2.88. The Balaban J connectivity index is 0.00000108. The first-order valence-corrected chi connectivity index (χ1v) is 5.81. The second kappa shape index (κ2) is 5.43. The van der Waals surface area contributed by atoms with Gasteiger partial charge in [-0.05, 0) is 28.0 Å². The van der Waals surface area contributed by atoms with E-state index in [2.05, 4.69) is 18.2 Å². The van der Waals surface area contributed by atoms with Crippen LogP contribution in [0.2, 0.25) is 0 Å². The summed E-state index contributed by atoms with van der Waals surface area (Å²) in [5, 5.41) is 2.39. The first-order valence-electron chi connectivity index (χ1n) is 5.08. The molecule has 0 aliphatic heterocycles. The van der Waals surface area contributed by atoms with Crippen LogP contribution in [0.15, 0.2) is 42.5 Å². The molecule has 17 heavy (non-hydrogen) atoms. The topological polar surface area (TPSA) is 26.3 Å². The van der Waals surface area contributed by atoms with Crippen molar-refractivity contribution in [2.75, 3.05) is 0 Å². The minimum absolute atomic E-state index is 0. The SMILES string of the molecule is O=POC1C=Cc2cccc3cccc1c23.[NaH]. The summed E-state index contributed by atoms with van der Waals surface area (Å²) in [5.41, 5.74) is 2.27. The maximum absolute atomic E-state index is 10.5. The zero-order valence-electron chi connectivity index (χ0n) is 8.46. The van der Waals surface area contributed by atoms with Crippen LogP contribution in [0, 0.1) is 0 Å². The summed E-state index contributed by atoms with van der Waals surface area (Å²) in [6, 6.07) is 12.3. The summed E-state index contributed by atoms with van der Waals surface area (Å²) < 4.78 is 15.7. The Morgan fingerprint density at radius 3 is 2.65 bits per heavy atom. The van der Waals surface area contributed by atoms with E-state index in [1.807, 2.05) is 30.4 Å². The quantitative estimate of drug-likeness (QED) is 0.604. The predicted octanol–water partition coefficient (Wildman–Crippen LogP) is 3.48. The molecule has 1 aliphatic carbocycles. The Morgan fingerprint density at radius 1 is 1.12 bits per heavy atom. The van der Waals surface area contributed by atoms with Crippen molar-refractivity contribution in [2.24, 2.45) is 0 Å². The fourth-order valence-electron chi connectivity index (χ4n) is 2.21. The fourth-order valence-corrected chi connectivity index (χ4v) is 2.49. The number of hydrogen-bond acceptors (Lipinski definition) is 2. The first kappa shape index (κ1) is 12.9. The Kier molecular flexibility index (Phi) is 4.13. The van der Waals surface area contributed by atoms with Crippen molar-refractivity contribution in [3.05, 3.63) is 53.6 Å². The van der Waals surface area contributed by atoms with Gasteiger partial charge in [0.2, 0.25) is 0 Å². The molecular weight excluding hydrogens is 242 g/mol. The molecule has 0 aromatic heterocycles. The molecule has 0 amide bonds. The van der Waals surface area contributed by atoms with Crippen LogP contribution in [0.1, 0.15) is 17.2 Å². The monoisotopic (exact) mass is 252 g/mol. The minimum atomic E-state index is -0.282. The van der Waals surface area contributed by atoms with Crippen LogP contribution < -0.4 is 0 Å².